The maximum absolute atomic E-state index is 11.3. The standard InChI is InChI=1S/C11H18N4O2S/c1-11(2)7-17-4-3-15(11)5-8-6-18-10(13-8)9(16)14-12/h6H,3-5,7,12H2,1-2H3,(H,14,16). The number of thiazole rings is 1. The summed E-state index contributed by atoms with van der Waals surface area (Å²) in [5, 5.41) is 2.30. The number of hydrogen-bond donors (Lipinski definition) is 2. The number of carbonyl (C=O) groups excluding carboxylic acids is 1. The molecule has 0 atom stereocenters. The van der Waals surface area contributed by atoms with Crippen molar-refractivity contribution in [3.63, 3.8) is 0 Å². The topological polar surface area (TPSA) is 80.5 Å². The molecule has 1 fully saturated rings. The van der Waals surface area contributed by atoms with E-state index in [4.69, 9.17) is 10.6 Å². The summed E-state index contributed by atoms with van der Waals surface area (Å²) >= 11 is 1.31. The fourth-order valence-corrected chi connectivity index (χ4v) is 2.64. The van der Waals surface area contributed by atoms with E-state index in [0.717, 1.165) is 25.4 Å². The molecule has 1 aliphatic heterocycles. The Morgan fingerprint density at radius 2 is 2.50 bits per heavy atom. The predicted octanol–water partition coefficient (Wildman–Crippen LogP) is 0.357. The molecule has 1 aromatic heterocycles. The largest absolute Gasteiger partial charge is 0.378 e. The van der Waals surface area contributed by atoms with Crippen molar-refractivity contribution in [2.24, 2.45) is 5.84 Å². The van der Waals surface area contributed by atoms with Gasteiger partial charge in [0.15, 0.2) is 5.01 Å². The maximum atomic E-state index is 11.3. The third kappa shape index (κ3) is 2.86. The van der Waals surface area contributed by atoms with Crippen LogP contribution in [0.15, 0.2) is 5.38 Å². The van der Waals surface area contributed by atoms with Crippen molar-refractivity contribution >= 4 is 17.2 Å². The van der Waals surface area contributed by atoms with E-state index in [-0.39, 0.29) is 11.4 Å². The number of morpholine rings is 1. The Morgan fingerprint density at radius 1 is 1.72 bits per heavy atom. The lowest BCUT2D eigenvalue weighted by Crippen LogP contribution is -2.52. The van der Waals surface area contributed by atoms with Crippen molar-refractivity contribution in [1.29, 1.82) is 0 Å². The van der Waals surface area contributed by atoms with E-state index >= 15 is 0 Å². The molecule has 6 nitrogen and oxygen atoms in total. The van der Waals surface area contributed by atoms with Gasteiger partial charge in [-0.3, -0.25) is 15.1 Å². The molecule has 2 heterocycles. The molecule has 0 aliphatic carbocycles. The molecule has 2 rings (SSSR count). The number of nitrogens with two attached hydrogens (primary N) is 1. The van der Waals surface area contributed by atoms with Crippen LogP contribution in [0.4, 0.5) is 0 Å². The summed E-state index contributed by atoms with van der Waals surface area (Å²) < 4.78 is 5.47. The zero-order valence-corrected chi connectivity index (χ0v) is 11.4. The summed E-state index contributed by atoms with van der Waals surface area (Å²) in [7, 11) is 0. The van der Waals surface area contributed by atoms with E-state index in [1.54, 1.807) is 0 Å². The Balaban J connectivity index is 2.04. The molecule has 100 valence electrons. The van der Waals surface area contributed by atoms with E-state index < -0.39 is 0 Å². The maximum Gasteiger partial charge on any atom is 0.294 e. The van der Waals surface area contributed by atoms with Crippen LogP contribution in [0, 0.1) is 0 Å². The first kappa shape index (κ1) is 13.4. The van der Waals surface area contributed by atoms with Crippen LogP contribution in [-0.2, 0) is 11.3 Å². The molecule has 0 saturated carbocycles. The minimum absolute atomic E-state index is 0.00183. The van der Waals surface area contributed by atoms with Gasteiger partial charge in [-0.15, -0.1) is 11.3 Å². The highest BCUT2D eigenvalue weighted by atomic mass is 32.1. The van der Waals surface area contributed by atoms with Gasteiger partial charge in [-0.1, -0.05) is 0 Å². The number of aromatic nitrogens is 1. The number of amides is 1. The zero-order chi connectivity index (χ0) is 13.2. The fraction of sp³-hybridized carbons (Fsp3) is 0.636. The summed E-state index contributed by atoms with van der Waals surface area (Å²) in [5.41, 5.74) is 2.98. The monoisotopic (exact) mass is 270 g/mol. The van der Waals surface area contributed by atoms with Gasteiger partial charge in [0.25, 0.3) is 5.91 Å². The van der Waals surface area contributed by atoms with Crippen molar-refractivity contribution in [2.45, 2.75) is 25.9 Å². The zero-order valence-electron chi connectivity index (χ0n) is 10.6. The smallest absolute Gasteiger partial charge is 0.294 e. The molecule has 1 amide bonds. The van der Waals surface area contributed by atoms with Gasteiger partial charge in [0, 0.05) is 24.0 Å². The number of ether oxygens (including phenoxy) is 1. The van der Waals surface area contributed by atoms with Gasteiger partial charge in [0.1, 0.15) is 0 Å². The molecule has 1 aromatic rings. The van der Waals surface area contributed by atoms with Crippen molar-refractivity contribution in [2.75, 3.05) is 19.8 Å². The lowest BCUT2D eigenvalue weighted by molar-refractivity contribution is -0.0557. The van der Waals surface area contributed by atoms with E-state index in [0.29, 0.717) is 11.6 Å². The van der Waals surface area contributed by atoms with Crippen LogP contribution in [0.2, 0.25) is 0 Å². The van der Waals surface area contributed by atoms with E-state index in [9.17, 15) is 4.79 Å². The van der Waals surface area contributed by atoms with Gasteiger partial charge in [0.05, 0.1) is 18.9 Å². The van der Waals surface area contributed by atoms with Crippen LogP contribution in [0.25, 0.3) is 0 Å². The van der Waals surface area contributed by atoms with Crippen LogP contribution in [0.1, 0.15) is 29.3 Å². The predicted molar refractivity (Wildman–Crippen MR) is 69.1 cm³/mol. The Labute approximate surface area is 110 Å². The molecule has 7 heteroatoms. The molecule has 0 aromatic carbocycles. The number of carbonyl (C=O) groups is 1. The first-order valence-electron chi connectivity index (χ1n) is 5.81. The van der Waals surface area contributed by atoms with Gasteiger partial charge in [-0.05, 0) is 13.8 Å². The van der Waals surface area contributed by atoms with E-state index in [2.05, 4.69) is 29.2 Å². The highest BCUT2D eigenvalue weighted by Crippen LogP contribution is 2.22. The normalized spacial score (nSPS) is 19.7. The van der Waals surface area contributed by atoms with Crippen molar-refractivity contribution in [1.82, 2.24) is 15.3 Å². The quantitative estimate of drug-likeness (QED) is 0.471. The second-order valence-corrected chi connectivity index (χ2v) is 5.76. The number of rotatable bonds is 3. The summed E-state index contributed by atoms with van der Waals surface area (Å²) in [6.07, 6.45) is 0. The van der Waals surface area contributed by atoms with Crippen LogP contribution in [0.3, 0.4) is 0 Å². The second kappa shape index (κ2) is 5.31. The average Bonchev–Trinajstić information content (AvgIpc) is 2.79. The highest BCUT2D eigenvalue weighted by molar-refractivity contribution is 7.11. The van der Waals surface area contributed by atoms with Crippen molar-refractivity contribution in [3.05, 3.63) is 16.1 Å². The molecule has 0 radical (unpaired) electrons. The highest BCUT2D eigenvalue weighted by Gasteiger charge is 2.30. The van der Waals surface area contributed by atoms with Gasteiger partial charge in [-0.25, -0.2) is 10.8 Å². The van der Waals surface area contributed by atoms with Gasteiger partial charge in [0.2, 0.25) is 0 Å². The first-order chi connectivity index (χ1) is 8.53. The third-order valence-electron chi connectivity index (χ3n) is 3.05. The number of nitrogens with one attached hydrogen (secondary N) is 1. The molecule has 0 spiro atoms. The minimum Gasteiger partial charge on any atom is -0.378 e. The molecule has 1 aliphatic rings. The van der Waals surface area contributed by atoms with Crippen molar-refractivity contribution in [3.8, 4) is 0 Å². The molecule has 0 unspecified atom stereocenters. The average molecular weight is 270 g/mol. The first-order valence-corrected chi connectivity index (χ1v) is 6.69. The Morgan fingerprint density at radius 3 is 3.17 bits per heavy atom. The fourth-order valence-electron chi connectivity index (χ4n) is 1.92. The number of hydrogen-bond acceptors (Lipinski definition) is 6. The third-order valence-corrected chi connectivity index (χ3v) is 3.94. The van der Waals surface area contributed by atoms with Gasteiger partial charge in [-0.2, -0.15) is 0 Å². The Bertz CT molecular complexity index is 432. The molecule has 3 N–H and O–H groups in total. The Kier molecular flexibility index (Phi) is 3.96. The molecular weight excluding hydrogens is 252 g/mol. The number of hydrazine groups is 1. The van der Waals surface area contributed by atoms with Gasteiger partial charge >= 0.3 is 0 Å². The Hall–Kier alpha value is -1.02. The molecule has 18 heavy (non-hydrogen) atoms. The summed E-state index contributed by atoms with van der Waals surface area (Å²) in [5.74, 6) is 4.74. The lowest BCUT2D eigenvalue weighted by atomic mass is 10.0. The molecule has 1 saturated heterocycles. The van der Waals surface area contributed by atoms with Crippen LogP contribution in [-0.4, -0.2) is 41.1 Å². The van der Waals surface area contributed by atoms with E-state index in [1.165, 1.54) is 11.3 Å². The van der Waals surface area contributed by atoms with E-state index in [1.807, 2.05) is 5.38 Å². The van der Waals surface area contributed by atoms with Crippen molar-refractivity contribution < 1.29 is 9.53 Å². The summed E-state index contributed by atoms with van der Waals surface area (Å²) in [6.45, 7) is 7.35. The molecule has 0 bridgehead atoms. The number of nitrogen functional groups attached to an aromatic ring is 1. The molecular formula is C11H18N4O2S. The minimum atomic E-state index is -0.340. The van der Waals surface area contributed by atoms with Crippen LogP contribution in [0.5, 0.6) is 0 Å². The number of nitrogens with zero attached hydrogens (tertiary/aromatic N) is 2. The van der Waals surface area contributed by atoms with Gasteiger partial charge < -0.3 is 4.74 Å². The SMILES string of the molecule is CC1(C)COCCN1Cc1csc(C(=O)NN)n1. The van der Waals surface area contributed by atoms with Crippen LogP contribution < -0.4 is 11.3 Å². The summed E-state index contributed by atoms with van der Waals surface area (Å²) in [4.78, 5) is 17.9. The lowest BCUT2D eigenvalue weighted by Gasteiger charge is -2.41. The second-order valence-electron chi connectivity index (χ2n) is 4.90. The summed E-state index contributed by atoms with van der Waals surface area (Å²) in [6, 6.07) is 0. The van der Waals surface area contributed by atoms with Crippen LogP contribution >= 0.6 is 11.3 Å².